The van der Waals surface area contributed by atoms with Crippen molar-refractivity contribution in [3.63, 3.8) is 0 Å². The van der Waals surface area contributed by atoms with Crippen molar-refractivity contribution in [1.82, 2.24) is 5.29 Å². The number of benzene rings is 1. The molecule has 0 aromatic heterocycles. The van der Waals surface area contributed by atoms with Gasteiger partial charge in [-0.05, 0) is 12.5 Å². The van der Waals surface area contributed by atoms with E-state index in [-0.39, 0.29) is 0 Å². The Morgan fingerprint density at radius 2 is 1.91 bits per heavy atom. The van der Waals surface area contributed by atoms with E-state index >= 15 is 0 Å². The molecule has 0 N–H and O–H groups in total. The molecular weight excluding hydrogens is 145 g/mol. The maximum atomic E-state index is 12.1. The van der Waals surface area contributed by atoms with E-state index in [4.69, 9.17) is 0 Å². The van der Waals surface area contributed by atoms with E-state index in [2.05, 4.69) is 0 Å². The first-order valence-electron chi connectivity index (χ1n) is 3.39. The monoisotopic (exact) mass is 154 g/mol. The normalized spacial score (nSPS) is 13.5. The van der Waals surface area contributed by atoms with Gasteiger partial charge in [0.25, 0.3) is 0 Å². The third kappa shape index (κ3) is 2.00. The zero-order valence-electron chi connectivity index (χ0n) is 6.20. The lowest BCUT2D eigenvalue weighted by Crippen LogP contribution is -2.09. The lowest BCUT2D eigenvalue weighted by Gasteiger charge is -2.24. The summed E-state index contributed by atoms with van der Waals surface area (Å²) in [5, 5.41) is 9.65. The van der Waals surface area contributed by atoms with Crippen LogP contribution >= 0.6 is 0 Å². The quantitative estimate of drug-likeness (QED) is 0.483. The minimum atomic E-state index is -0.712. The number of rotatable bonds is 2. The van der Waals surface area contributed by atoms with E-state index in [1.807, 2.05) is 6.07 Å². The summed E-state index contributed by atoms with van der Waals surface area (Å²) in [6.07, 6.45) is 0. The minimum Gasteiger partial charge on any atom is -0.758 e. The zero-order valence-corrected chi connectivity index (χ0v) is 6.20. The standard InChI is InChI=1S/C8H9FNO/c1-7(10(9)11)8-5-3-2-4-6-8/h2-7H,1H3/q-1. The number of hydroxylamine groups is 1. The van der Waals surface area contributed by atoms with Crippen LogP contribution in [0.5, 0.6) is 0 Å². The predicted molar refractivity (Wildman–Crippen MR) is 41.2 cm³/mol. The van der Waals surface area contributed by atoms with Gasteiger partial charge in [-0.1, -0.05) is 30.3 Å². The molecule has 1 rings (SSSR count). The number of hydrogen-bond acceptors (Lipinski definition) is 2. The third-order valence-corrected chi connectivity index (χ3v) is 1.59. The lowest BCUT2D eigenvalue weighted by atomic mass is 10.1. The molecular formula is C8H9FNO-. The topological polar surface area (TPSA) is 26.3 Å². The Morgan fingerprint density at radius 3 is 2.36 bits per heavy atom. The summed E-state index contributed by atoms with van der Waals surface area (Å²) in [5.74, 6) is 0. The fourth-order valence-corrected chi connectivity index (χ4v) is 0.849. The molecule has 3 heteroatoms. The average Bonchev–Trinajstić information content (AvgIpc) is 2.05. The lowest BCUT2D eigenvalue weighted by molar-refractivity contribution is 0.0444. The van der Waals surface area contributed by atoms with Crippen LogP contribution in [0.25, 0.3) is 0 Å². The first-order chi connectivity index (χ1) is 5.22. The molecule has 0 aliphatic rings. The molecule has 0 aliphatic heterocycles. The molecule has 2 nitrogen and oxygen atoms in total. The highest BCUT2D eigenvalue weighted by Crippen LogP contribution is 2.18. The summed E-state index contributed by atoms with van der Waals surface area (Å²) in [5.41, 5.74) is 0.685. The molecule has 1 atom stereocenters. The second kappa shape index (κ2) is 3.46. The van der Waals surface area contributed by atoms with Crippen molar-refractivity contribution in [3.8, 4) is 0 Å². The number of halogens is 1. The number of nitrogens with zero attached hydrogens (tertiary/aromatic N) is 1. The Balaban J connectivity index is 2.77. The average molecular weight is 154 g/mol. The smallest absolute Gasteiger partial charge is 0.0490 e. The van der Waals surface area contributed by atoms with Gasteiger partial charge in [0.2, 0.25) is 0 Å². The fourth-order valence-electron chi connectivity index (χ4n) is 0.849. The molecule has 0 fully saturated rings. The highest BCUT2D eigenvalue weighted by atomic mass is 19.2. The van der Waals surface area contributed by atoms with Gasteiger partial charge in [-0.2, -0.15) is 0 Å². The molecule has 0 bridgehead atoms. The van der Waals surface area contributed by atoms with Crippen LogP contribution in [0, 0.1) is 5.21 Å². The third-order valence-electron chi connectivity index (χ3n) is 1.59. The Morgan fingerprint density at radius 1 is 1.36 bits per heavy atom. The highest BCUT2D eigenvalue weighted by Gasteiger charge is 2.04. The van der Waals surface area contributed by atoms with Gasteiger partial charge in [0, 0.05) is 6.04 Å². The second-order valence-corrected chi connectivity index (χ2v) is 2.36. The molecule has 0 saturated heterocycles. The minimum absolute atomic E-state index is 0.546. The summed E-state index contributed by atoms with van der Waals surface area (Å²) >= 11 is 0. The van der Waals surface area contributed by atoms with Crippen LogP contribution in [0.1, 0.15) is 18.5 Å². The van der Waals surface area contributed by atoms with Gasteiger partial charge >= 0.3 is 0 Å². The van der Waals surface area contributed by atoms with Gasteiger partial charge in [0.15, 0.2) is 0 Å². The van der Waals surface area contributed by atoms with E-state index in [1.165, 1.54) is 6.92 Å². The molecule has 1 unspecified atom stereocenters. The molecule has 0 radical (unpaired) electrons. The van der Waals surface area contributed by atoms with Crippen molar-refractivity contribution in [2.45, 2.75) is 13.0 Å². The molecule has 0 heterocycles. The molecule has 60 valence electrons. The SMILES string of the molecule is CC(c1ccccc1)N([O-])F. The molecule has 0 amide bonds. The summed E-state index contributed by atoms with van der Waals surface area (Å²) in [7, 11) is 0. The van der Waals surface area contributed by atoms with Crippen molar-refractivity contribution in [2.24, 2.45) is 0 Å². The van der Waals surface area contributed by atoms with Gasteiger partial charge in [-0.25, -0.2) is 5.29 Å². The largest absolute Gasteiger partial charge is 0.758 e. The fraction of sp³-hybridized carbons (Fsp3) is 0.250. The van der Waals surface area contributed by atoms with Crippen molar-refractivity contribution in [1.29, 1.82) is 0 Å². The van der Waals surface area contributed by atoms with Gasteiger partial charge in [0.1, 0.15) is 0 Å². The van der Waals surface area contributed by atoms with E-state index in [0.29, 0.717) is 5.56 Å². The van der Waals surface area contributed by atoms with Crippen LogP contribution in [0.4, 0.5) is 4.48 Å². The summed E-state index contributed by atoms with van der Waals surface area (Å²) in [4.78, 5) is 0. The first-order valence-corrected chi connectivity index (χ1v) is 3.39. The van der Waals surface area contributed by atoms with Crippen molar-refractivity contribution >= 4 is 0 Å². The molecule has 1 aromatic carbocycles. The van der Waals surface area contributed by atoms with Crippen LogP contribution in [0.2, 0.25) is 0 Å². The molecule has 0 spiro atoms. The van der Waals surface area contributed by atoms with Gasteiger partial charge in [-0.3, -0.25) is 0 Å². The maximum Gasteiger partial charge on any atom is 0.0490 e. The summed E-state index contributed by atoms with van der Waals surface area (Å²) < 4.78 is 12.1. The van der Waals surface area contributed by atoms with Crippen LogP contribution in [0.15, 0.2) is 30.3 Å². The van der Waals surface area contributed by atoms with Crippen molar-refractivity contribution in [3.05, 3.63) is 41.1 Å². The highest BCUT2D eigenvalue weighted by molar-refractivity contribution is 5.17. The van der Waals surface area contributed by atoms with Gasteiger partial charge in [0.05, 0.1) is 0 Å². The van der Waals surface area contributed by atoms with E-state index < -0.39 is 11.3 Å². The van der Waals surface area contributed by atoms with Crippen LogP contribution < -0.4 is 0 Å². The summed E-state index contributed by atoms with van der Waals surface area (Å²) in [6.45, 7) is 1.52. The van der Waals surface area contributed by atoms with Gasteiger partial charge < -0.3 is 5.21 Å². The second-order valence-electron chi connectivity index (χ2n) is 2.36. The molecule has 0 saturated carbocycles. The van der Waals surface area contributed by atoms with Crippen LogP contribution in [-0.2, 0) is 0 Å². The van der Waals surface area contributed by atoms with E-state index in [0.717, 1.165) is 0 Å². The molecule has 1 aromatic rings. The Hall–Kier alpha value is -0.930. The Bertz CT molecular complexity index is 213. The molecule has 0 aliphatic carbocycles. The van der Waals surface area contributed by atoms with E-state index in [9.17, 15) is 9.69 Å². The predicted octanol–water partition coefficient (Wildman–Crippen LogP) is 2.43. The van der Waals surface area contributed by atoms with Crippen molar-refractivity contribution in [2.75, 3.05) is 0 Å². The molecule has 11 heavy (non-hydrogen) atoms. The Labute approximate surface area is 64.8 Å². The van der Waals surface area contributed by atoms with Crippen LogP contribution in [0.3, 0.4) is 0 Å². The van der Waals surface area contributed by atoms with E-state index in [1.54, 1.807) is 24.3 Å². The van der Waals surface area contributed by atoms with Crippen LogP contribution in [-0.4, -0.2) is 5.29 Å². The van der Waals surface area contributed by atoms with Gasteiger partial charge in [-0.15, -0.1) is 4.48 Å². The number of hydrogen-bond donors (Lipinski definition) is 0. The van der Waals surface area contributed by atoms with Crippen molar-refractivity contribution < 1.29 is 4.48 Å². The Kier molecular flexibility index (Phi) is 2.57. The first kappa shape index (κ1) is 8.17. The summed E-state index contributed by atoms with van der Waals surface area (Å²) in [6, 6.07) is 8.09. The zero-order chi connectivity index (χ0) is 8.27. The maximum absolute atomic E-state index is 12.1.